The number of ether oxygens (including phenoxy) is 1. The molecule has 138 valence electrons. The summed E-state index contributed by atoms with van der Waals surface area (Å²) >= 11 is 6.31. The van der Waals surface area contributed by atoms with Crippen LogP contribution in [0.25, 0.3) is 0 Å². The molecule has 0 radical (unpaired) electrons. The zero-order chi connectivity index (χ0) is 18.7. The van der Waals surface area contributed by atoms with Crippen LogP contribution in [0.1, 0.15) is 12.0 Å². The smallest absolute Gasteiger partial charge is 0.308 e. The standard InChI is InChI=1S/C18H20ClN3O4/c1-26-14-7-13(18(24)25)10-21(11-14)15-8-20-22(17(23)16(15)19)9-12-5-3-2-4-6-12/h2-6,8,13-14H,7,9-11H2,1H3,(H,24,25). The lowest BCUT2D eigenvalue weighted by atomic mass is 9.95. The van der Waals surface area contributed by atoms with Gasteiger partial charge in [0.05, 0.1) is 30.5 Å². The number of halogens is 1. The van der Waals surface area contributed by atoms with Gasteiger partial charge in [0.1, 0.15) is 5.02 Å². The van der Waals surface area contributed by atoms with Crippen LogP contribution in [0.3, 0.4) is 0 Å². The maximum absolute atomic E-state index is 12.6. The van der Waals surface area contributed by atoms with Gasteiger partial charge in [0.2, 0.25) is 0 Å². The van der Waals surface area contributed by atoms with Crippen LogP contribution < -0.4 is 10.5 Å². The second-order valence-electron chi connectivity index (χ2n) is 6.33. The third-order valence-corrected chi connectivity index (χ3v) is 4.93. The third-order valence-electron chi connectivity index (χ3n) is 4.58. The molecule has 1 aliphatic rings. The van der Waals surface area contributed by atoms with Crippen LogP contribution in [0, 0.1) is 5.92 Å². The highest BCUT2D eigenvalue weighted by Crippen LogP contribution is 2.28. The number of hydrogen-bond donors (Lipinski definition) is 1. The van der Waals surface area contributed by atoms with E-state index in [1.807, 2.05) is 30.3 Å². The molecule has 1 saturated heterocycles. The minimum absolute atomic E-state index is 0.0387. The van der Waals surface area contributed by atoms with Crippen molar-refractivity contribution in [3.63, 3.8) is 0 Å². The van der Waals surface area contributed by atoms with E-state index in [0.29, 0.717) is 25.2 Å². The van der Waals surface area contributed by atoms with E-state index in [4.69, 9.17) is 16.3 Å². The fourth-order valence-electron chi connectivity index (χ4n) is 3.14. The zero-order valence-corrected chi connectivity index (χ0v) is 15.1. The summed E-state index contributed by atoms with van der Waals surface area (Å²) in [5.74, 6) is -1.48. The summed E-state index contributed by atoms with van der Waals surface area (Å²) in [7, 11) is 1.55. The quantitative estimate of drug-likeness (QED) is 0.856. The predicted octanol–water partition coefficient (Wildman–Crippen LogP) is 1.87. The molecule has 0 saturated carbocycles. The average Bonchev–Trinajstić information content (AvgIpc) is 2.66. The van der Waals surface area contributed by atoms with Gasteiger partial charge in [-0.05, 0) is 12.0 Å². The van der Waals surface area contributed by atoms with E-state index in [1.54, 1.807) is 12.0 Å². The monoisotopic (exact) mass is 377 g/mol. The molecule has 0 bridgehead atoms. The largest absolute Gasteiger partial charge is 0.481 e. The maximum Gasteiger partial charge on any atom is 0.308 e. The Balaban J connectivity index is 1.87. The molecule has 3 rings (SSSR count). The lowest BCUT2D eigenvalue weighted by molar-refractivity contribution is -0.143. The number of anilines is 1. The molecule has 2 atom stereocenters. The number of benzene rings is 1. The number of carboxylic acid groups (broad SMARTS) is 1. The molecule has 2 unspecified atom stereocenters. The molecule has 1 N–H and O–H groups in total. The van der Waals surface area contributed by atoms with E-state index in [1.165, 1.54) is 10.9 Å². The van der Waals surface area contributed by atoms with Crippen molar-refractivity contribution in [2.24, 2.45) is 5.92 Å². The van der Waals surface area contributed by atoms with E-state index in [-0.39, 0.29) is 17.7 Å². The summed E-state index contributed by atoms with van der Waals surface area (Å²) in [4.78, 5) is 25.8. The van der Waals surface area contributed by atoms with Gasteiger partial charge in [-0.15, -0.1) is 0 Å². The lowest BCUT2D eigenvalue weighted by Gasteiger charge is -2.37. The normalized spacial score (nSPS) is 20.2. The zero-order valence-electron chi connectivity index (χ0n) is 14.3. The van der Waals surface area contributed by atoms with Crippen molar-refractivity contribution in [1.82, 2.24) is 9.78 Å². The van der Waals surface area contributed by atoms with E-state index in [9.17, 15) is 14.7 Å². The number of carbonyl (C=O) groups is 1. The Hall–Kier alpha value is -2.38. The van der Waals surface area contributed by atoms with Crippen LogP contribution in [0.2, 0.25) is 5.02 Å². The second kappa shape index (κ2) is 7.88. The van der Waals surface area contributed by atoms with Gasteiger partial charge in [0, 0.05) is 20.2 Å². The molecule has 0 aliphatic carbocycles. The molecule has 2 aromatic rings. The number of methoxy groups -OCH3 is 1. The van der Waals surface area contributed by atoms with Crippen LogP contribution in [-0.4, -0.2) is 47.2 Å². The van der Waals surface area contributed by atoms with Crippen LogP contribution in [0.15, 0.2) is 41.3 Å². The van der Waals surface area contributed by atoms with Gasteiger partial charge >= 0.3 is 5.97 Å². The fraction of sp³-hybridized carbons (Fsp3) is 0.389. The first-order chi connectivity index (χ1) is 12.5. The van der Waals surface area contributed by atoms with Crippen molar-refractivity contribution < 1.29 is 14.6 Å². The van der Waals surface area contributed by atoms with Gasteiger partial charge in [0.25, 0.3) is 5.56 Å². The van der Waals surface area contributed by atoms with Gasteiger partial charge in [-0.3, -0.25) is 9.59 Å². The highest BCUT2D eigenvalue weighted by atomic mass is 35.5. The molecule has 7 nitrogen and oxygen atoms in total. The van der Waals surface area contributed by atoms with Crippen molar-refractivity contribution in [1.29, 1.82) is 0 Å². The summed E-state index contributed by atoms with van der Waals surface area (Å²) < 4.78 is 6.64. The van der Waals surface area contributed by atoms with Crippen LogP contribution >= 0.6 is 11.6 Å². The molecule has 1 fully saturated rings. The first-order valence-corrected chi connectivity index (χ1v) is 8.67. The Bertz CT molecular complexity index is 840. The third kappa shape index (κ3) is 3.89. The van der Waals surface area contributed by atoms with Crippen molar-refractivity contribution in [2.45, 2.75) is 19.1 Å². The topological polar surface area (TPSA) is 84.7 Å². The van der Waals surface area contributed by atoms with Crippen molar-refractivity contribution >= 4 is 23.3 Å². The van der Waals surface area contributed by atoms with Gasteiger partial charge in [-0.25, -0.2) is 4.68 Å². The van der Waals surface area contributed by atoms with E-state index >= 15 is 0 Å². The number of aliphatic carboxylic acids is 1. The van der Waals surface area contributed by atoms with Gasteiger partial charge in [-0.1, -0.05) is 41.9 Å². The summed E-state index contributed by atoms with van der Waals surface area (Å²) in [5.41, 5.74) is 0.975. The minimum Gasteiger partial charge on any atom is -0.481 e. The maximum atomic E-state index is 12.6. The number of carboxylic acids is 1. The van der Waals surface area contributed by atoms with Gasteiger partial charge in [0.15, 0.2) is 0 Å². The Kier molecular flexibility index (Phi) is 5.58. The van der Waals surface area contributed by atoms with Gasteiger partial charge in [-0.2, -0.15) is 5.10 Å². The highest BCUT2D eigenvalue weighted by molar-refractivity contribution is 6.33. The summed E-state index contributed by atoms with van der Waals surface area (Å²) in [6, 6.07) is 9.49. The van der Waals surface area contributed by atoms with Gasteiger partial charge < -0.3 is 14.7 Å². The van der Waals surface area contributed by atoms with Crippen molar-refractivity contribution in [2.75, 3.05) is 25.1 Å². The Morgan fingerprint density at radius 1 is 1.35 bits per heavy atom. The molecule has 8 heteroatoms. The Labute approximate surface area is 155 Å². The second-order valence-corrected chi connectivity index (χ2v) is 6.70. The number of nitrogens with zero attached hydrogens (tertiary/aromatic N) is 3. The Morgan fingerprint density at radius 3 is 2.73 bits per heavy atom. The summed E-state index contributed by atoms with van der Waals surface area (Å²) in [5, 5.41) is 13.6. The average molecular weight is 378 g/mol. The number of piperidine rings is 1. The SMILES string of the molecule is COC1CC(C(=O)O)CN(c2cnn(Cc3ccccc3)c(=O)c2Cl)C1. The van der Waals surface area contributed by atoms with Crippen molar-refractivity contribution in [3.05, 3.63) is 57.5 Å². The number of hydrogen-bond acceptors (Lipinski definition) is 5. The molecule has 1 aliphatic heterocycles. The van der Waals surface area contributed by atoms with E-state index < -0.39 is 17.4 Å². The lowest BCUT2D eigenvalue weighted by Crippen LogP contribution is -2.47. The summed E-state index contributed by atoms with van der Waals surface area (Å²) in [6.07, 6.45) is 1.70. The first kappa shape index (κ1) is 18.4. The molecule has 1 aromatic carbocycles. The molecule has 0 amide bonds. The fourth-order valence-corrected chi connectivity index (χ4v) is 3.41. The molecular formula is C18H20ClN3O4. The number of aromatic nitrogens is 2. The van der Waals surface area contributed by atoms with Crippen LogP contribution in [0.5, 0.6) is 0 Å². The predicted molar refractivity (Wildman–Crippen MR) is 97.8 cm³/mol. The van der Waals surface area contributed by atoms with E-state index in [2.05, 4.69) is 5.10 Å². The van der Waals surface area contributed by atoms with Crippen LogP contribution in [0.4, 0.5) is 5.69 Å². The molecule has 26 heavy (non-hydrogen) atoms. The molecule has 2 heterocycles. The Morgan fingerprint density at radius 2 is 2.08 bits per heavy atom. The first-order valence-electron chi connectivity index (χ1n) is 8.29. The van der Waals surface area contributed by atoms with Crippen molar-refractivity contribution in [3.8, 4) is 0 Å². The molecular weight excluding hydrogens is 358 g/mol. The molecule has 0 spiro atoms. The minimum atomic E-state index is -0.891. The van der Waals surface area contributed by atoms with E-state index in [0.717, 1.165) is 5.56 Å². The summed E-state index contributed by atoms with van der Waals surface area (Å²) in [6.45, 7) is 1.04. The number of rotatable bonds is 5. The molecule has 1 aromatic heterocycles. The van der Waals surface area contributed by atoms with Crippen LogP contribution in [-0.2, 0) is 16.1 Å². The highest BCUT2D eigenvalue weighted by Gasteiger charge is 2.33.